The van der Waals surface area contributed by atoms with E-state index in [0.29, 0.717) is 5.41 Å². The van der Waals surface area contributed by atoms with Crippen LogP contribution in [0.15, 0.2) is 120 Å². The third kappa shape index (κ3) is 24.5. The molecular formula is C68H103N5OS. The van der Waals surface area contributed by atoms with Gasteiger partial charge in [0.25, 0.3) is 0 Å². The van der Waals surface area contributed by atoms with Gasteiger partial charge in [0.05, 0.1) is 12.0 Å². The van der Waals surface area contributed by atoms with Crippen molar-refractivity contribution in [2.45, 2.75) is 232 Å². The first kappa shape index (κ1) is 67.7. The molecular weight excluding hydrogens is 935 g/mol. The van der Waals surface area contributed by atoms with Crippen LogP contribution in [0, 0.1) is 48.5 Å². The van der Waals surface area contributed by atoms with Crippen LogP contribution in [0.2, 0.25) is 0 Å². The lowest BCUT2D eigenvalue weighted by Gasteiger charge is -2.28. The van der Waals surface area contributed by atoms with Crippen molar-refractivity contribution in [3.8, 4) is 0 Å². The zero-order valence-corrected chi connectivity index (χ0v) is 53.3. The molecule has 0 fully saturated rings. The highest BCUT2D eigenvalue weighted by Gasteiger charge is 2.23. The Bertz CT molecular complexity index is 2460. The topological polar surface area (TPSA) is 77.6 Å². The van der Waals surface area contributed by atoms with Crippen molar-refractivity contribution < 1.29 is 4.42 Å². The molecule has 75 heavy (non-hydrogen) atoms. The monoisotopic (exact) mass is 1040 g/mol. The maximum absolute atomic E-state index is 5.20. The van der Waals surface area contributed by atoms with Crippen LogP contribution in [0.1, 0.15) is 223 Å². The normalized spacial score (nSPS) is 11.7. The molecule has 0 aliphatic carbocycles. The minimum absolute atomic E-state index is 0.119. The van der Waals surface area contributed by atoms with Crippen LogP contribution in [0.5, 0.6) is 0 Å². The molecule has 0 N–H and O–H groups in total. The Labute approximate surface area is 463 Å². The van der Waals surface area contributed by atoms with Gasteiger partial charge in [0.1, 0.15) is 5.76 Å². The molecule has 0 atom stereocenters. The number of hydrogen-bond acceptors (Lipinski definition) is 7. The minimum Gasteiger partial charge on any atom is -0.469 e. The summed E-state index contributed by atoms with van der Waals surface area (Å²) >= 11 is 1.83. The molecule has 0 aliphatic rings. The molecule has 0 amide bonds. The number of benzene rings is 1. The molecule has 6 heterocycles. The Morgan fingerprint density at radius 2 is 0.907 bits per heavy atom. The lowest BCUT2D eigenvalue weighted by atomic mass is 9.77. The van der Waals surface area contributed by atoms with Crippen LogP contribution in [0.3, 0.4) is 0 Å². The first-order chi connectivity index (χ1) is 34.1. The molecule has 0 radical (unpaired) electrons. The van der Waals surface area contributed by atoms with Crippen molar-refractivity contribution in [2.24, 2.45) is 0 Å². The number of pyridine rings is 3. The van der Waals surface area contributed by atoms with Crippen molar-refractivity contribution in [3.05, 3.63) is 193 Å². The van der Waals surface area contributed by atoms with Crippen LogP contribution in [0.4, 0.5) is 0 Å². The third-order valence-corrected chi connectivity index (χ3v) is 14.1. The van der Waals surface area contributed by atoms with E-state index in [9.17, 15) is 0 Å². The van der Waals surface area contributed by atoms with Crippen molar-refractivity contribution in [1.82, 2.24) is 24.9 Å². The highest BCUT2D eigenvalue weighted by Crippen LogP contribution is 2.35. The van der Waals surface area contributed by atoms with Gasteiger partial charge in [0.15, 0.2) is 0 Å². The van der Waals surface area contributed by atoms with Crippen LogP contribution >= 0.6 is 11.3 Å². The summed E-state index contributed by atoms with van der Waals surface area (Å²) in [5.41, 5.74) is 17.6. The van der Waals surface area contributed by atoms with Gasteiger partial charge < -0.3 is 4.42 Å². The van der Waals surface area contributed by atoms with E-state index in [1.54, 1.807) is 24.9 Å². The molecule has 6 nitrogen and oxygen atoms in total. The molecule has 7 aromatic rings. The standard InChI is InChI=1S/C15H24.C11H17N.2C9H13N.C8H12N2.C8H12O.C8H12S/c1-9-10(2)12(4)14(15(6,7)8)13(5)11(9)3;1-8-6-10(11(3,4)5)7-12-9(8)2;1-9(2,3)8-4-6-10-7-5-8;1-9(2,3)8-6-4-5-7-10-8;1-8(2,3)7-6-9-4-5-10-7;2*1-8(2,3)7-5-4-6-9-7/h1-8H3;6-7H,1-5H3;2*4-7H,1-3H3;4-6H,1-3H3;2*4-6H,1-3H3. The molecule has 7 rings (SSSR count). The van der Waals surface area contributed by atoms with Gasteiger partial charge >= 0.3 is 0 Å². The zero-order valence-electron chi connectivity index (χ0n) is 52.5. The lowest BCUT2D eigenvalue weighted by Crippen LogP contribution is -2.17. The Morgan fingerprint density at radius 1 is 0.387 bits per heavy atom. The molecule has 0 spiro atoms. The molecule has 6 aromatic heterocycles. The van der Waals surface area contributed by atoms with Gasteiger partial charge in [-0.05, 0) is 168 Å². The summed E-state index contributed by atoms with van der Waals surface area (Å²) in [5.74, 6) is 1.04. The highest BCUT2D eigenvalue weighted by atomic mass is 32.1. The maximum Gasteiger partial charge on any atom is 0.109 e. The Kier molecular flexibility index (Phi) is 26.0. The number of thiophene rings is 1. The van der Waals surface area contributed by atoms with Crippen molar-refractivity contribution in [2.75, 3.05) is 0 Å². The van der Waals surface area contributed by atoms with Gasteiger partial charge in [-0.3, -0.25) is 24.9 Å². The number of rotatable bonds is 0. The summed E-state index contributed by atoms with van der Waals surface area (Å²) < 4.78 is 5.20. The summed E-state index contributed by atoms with van der Waals surface area (Å²) in [6, 6.07) is 20.6. The second-order valence-electron chi connectivity index (χ2n) is 26.9. The van der Waals surface area contributed by atoms with Gasteiger partial charge in [-0.15, -0.1) is 11.3 Å². The molecule has 0 saturated heterocycles. The highest BCUT2D eigenvalue weighted by molar-refractivity contribution is 7.10. The number of aromatic nitrogens is 5. The van der Waals surface area contributed by atoms with E-state index >= 15 is 0 Å². The van der Waals surface area contributed by atoms with Crippen LogP contribution in [-0.4, -0.2) is 24.9 Å². The smallest absolute Gasteiger partial charge is 0.109 e. The van der Waals surface area contributed by atoms with Gasteiger partial charge in [0.2, 0.25) is 0 Å². The first-order valence-corrected chi connectivity index (χ1v) is 27.7. The van der Waals surface area contributed by atoms with Crippen LogP contribution in [0.25, 0.3) is 0 Å². The molecule has 0 unspecified atom stereocenters. The second-order valence-corrected chi connectivity index (χ2v) is 27.8. The average molecular weight is 1040 g/mol. The van der Waals surface area contributed by atoms with E-state index in [2.05, 4.69) is 254 Å². The predicted molar refractivity (Wildman–Crippen MR) is 328 cm³/mol. The number of aryl methyl sites for hydroxylation is 2. The largest absolute Gasteiger partial charge is 0.469 e. The fraction of sp³-hybridized carbons (Fsp3) is 0.515. The number of furan rings is 1. The maximum atomic E-state index is 5.20. The minimum atomic E-state index is 0.119. The third-order valence-electron chi connectivity index (χ3n) is 12.8. The van der Waals surface area contributed by atoms with Gasteiger partial charge in [-0.25, -0.2) is 0 Å². The summed E-state index contributed by atoms with van der Waals surface area (Å²) in [7, 11) is 0. The molecule has 7 heteroatoms. The first-order valence-electron chi connectivity index (χ1n) is 26.8. The van der Waals surface area contributed by atoms with Crippen molar-refractivity contribution in [1.29, 1.82) is 0 Å². The lowest BCUT2D eigenvalue weighted by molar-refractivity contribution is 0.409. The summed E-state index contributed by atoms with van der Waals surface area (Å²) in [6.07, 6.45) is 14.4. The van der Waals surface area contributed by atoms with Gasteiger partial charge in [-0.2, -0.15) is 0 Å². The summed E-state index contributed by atoms with van der Waals surface area (Å²) in [4.78, 5) is 22.2. The van der Waals surface area contributed by atoms with E-state index in [0.717, 1.165) is 22.8 Å². The fourth-order valence-electron chi connectivity index (χ4n) is 7.43. The second kappa shape index (κ2) is 28.7. The Hall–Kier alpha value is -5.27. The number of hydrogen-bond donors (Lipinski definition) is 0. The molecule has 0 bridgehead atoms. The van der Waals surface area contributed by atoms with E-state index in [4.69, 9.17) is 4.42 Å². The van der Waals surface area contributed by atoms with Crippen molar-refractivity contribution >= 4 is 11.3 Å². The fourth-order valence-corrected chi connectivity index (χ4v) is 8.25. The number of nitrogens with zero attached hydrogens (tertiary/aromatic N) is 5. The van der Waals surface area contributed by atoms with E-state index in [1.807, 2.05) is 67.3 Å². The zero-order chi connectivity index (χ0) is 58.0. The average Bonchev–Trinajstić information content (AvgIpc) is 4.07. The van der Waals surface area contributed by atoms with Crippen LogP contribution in [-0.2, 0) is 37.9 Å². The van der Waals surface area contributed by atoms with E-state index in [1.165, 1.54) is 54.9 Å². The molecule has 1 aromatic carbocycles. The SMILES string of the molecule is CC(C)(C)c1ccccn1.CC(C)(C)c1ccco1.CC(C)(C)c1cccs1.CC(C)(C)c1ccncc1.CC(C)(C)c1cnccn1.Cc1c(C)c(C)c(C(C)(C)C)c(C)c1C.Cc1cc(C(C)(C)C)cnc1C. The van der Waals surface area contributed by atoms with Gasteiger partial charge in [0, 0.05) is 75.9 Å². The Morgan fingerprint density at radius 3 is 1.20 bits per heavy atom. The quantitative estimate of drug-likeness (QED) is 0.151. The Balaban J connectivity index is 0.000000441. The van der Waals surface area contributed by atoms with E-state index < -0.39 is 0 Å². The predicted octanol–water partition coefficient (Wildman–Crippen LogP) is 19.7. The molecule has 412 valence electrons. The summed E-state index contributed by atoms with van der Waals surface area (Å²) in [5, 5.41) is 2.13. The molecule has 0 aliphatic heterocycles. The summed E-state index contributed by atoms with van der Waals surface area (Å²) in [6.45, 7) is 61.5. The van der Waals surface area contributed by atoms with Crippen LogP contribution < -0.4 is 0 Å². The van der Waals surface area contributed by atoms with Gasteiger partial charge in [-0.1, -0.05) is 164 Å². The van der Waals surface area contributed by atoms with Crippen molar-refractivity contribution in [3.63, 3.8) is 0 Å². The van der Waals surface area contributed by atoms with E-state index in [-0.39, 0.29) is 32.5 Å². The molecule has 0 saturated carbocycles.